The van der Waals surface area contributed by atoms with E-state index in [-0.39, 0.29) is 11.8 Å². The maximum Gasteiger partial charge on any atom is 0.265 e. The van der Waals surface area contributed by atoms with Crippen molar-refractivity contribution in [3.05, 3.63) is 82.3 Å². The van der Waals surface area contributed by atoms with Gasteiger partial charge in [-0.15, -0.1) is 11.3 Å². The second-order valence-electron chi connectivity index (χ2n) is 6.93. The van der Waals surface area contributed by atoms with E-state index in [0.29, 0.717) is 29.2 Å². The number of anilines is 1. The van der Waals surface area contributed by atoms with Crippen molar-refractivity contribution < 1.29 is 9.59 Å². The van der Waals surface area contributed by atoms with Gasteiger partial charge in [-0.05, 0) is 53.4 Å². The molecule has 0 atom stereocenters. The highest BCUT2D eigenvalue weighted by atomic mass is 32.1. The maximum absolute atomic E-state index is 12.8. The summed E-state index contributed by atoms with van der Waals surface area (Å²) in [6, 6.07) is 14.8. The molecule has 1 fully saturated rings. The van der Waals surface area contributed by atoms with Gasteiger partial charge in [-0.3, -0.25) is 19.5 Å². The number of benzene rings is 1. The highest BCUT2D eigenvalue weighted by molar-refractivity contribution is 7.12. The molecule has 0 spiro atoms. The standard InChI is InChI=1S/C22H22N4O2S/c27-21(20-2-1-15-29-20)24-19-5-3-18(4-6-19)22(28)26-13-11-25(12-14-26)16-17-7-9-23-10-8-17/h1-10,15H,11-14,16H2,(H,24,27). The Balaban J connectivity index is 1.30. The predicted octanol–water partition coefficient (Wildman–Crippen LogP) is 3.35. The van der Waals surface area contributed by atoms with Crippen LogP contribution in [0.4, 0.5) is 5.69 Å². The van der Waals surface area contributed by atoms with Crippen molar-refractivity contribution in [1.29, 1.82) is 0 Å². The first-order chi connectivity index (χ1) is 14.2. The number of nitrogens with zero attached hydrogens (tertiary/aromatic N) is 3. The number of aromatic nitrogens is 1. The van der Waals surface area contributed by atoms with Crippen LogP contribution in [0.3, 0.4) is 0 Å². The topological polar surface area (TPSA) is 65.5 Å². The summed E-state index contributed by atoms with van der Waals surface area (Å²) in [7, 11) is 0. The van der Waals surface area contributed by atoms with Crippen LogP contribution in [-0.4, -0.2) is 52.8 Å². The minimum Gasteiger partial charge on any atom is -0.336 e. The quantitative estimate of drug-likeness (QED) is 0.706. The SMILES string of the molecule is O=C(Nc1ccc(C(=O)N2CCN(Cc3ccncc3)CC2)cc1)c1cccs1. The van der Waals surface area contributed by atoms with Crippen molar-refractivity contribution in [3.63, 3.8) is 0 Å². The lowest BCUT2D eigenvalue weighted by Crippen LogP contribution is -2.48. The van der Waals surface area contributed by atoms with Crippen molar-refractivity contribution in [2.75, 3.05) is 31.5 Å². The molecule has 1 aliphatic heterocycles. The van der Waals surface area contributed by atoms with Gasteiger partial charge in [-0.1, -0.05) is 6.07 Å². The maximum atomic E-state index is 12.8. The fourth-order valence-corrected chi connectivity index (χ4v) is 3.95. The number of nitrogens with one attached hydrogen (secondary N) is 1. The van der Waals surface area contributed by atoms with Crippen LogP contribution in [-0.2, 0) is 6.54 Å². The molecule has 4 rings (SSSR count). The van der Waals surface area contributed by atoms with Crippen molar-refractivity contribution in [1.82, 2.24) is 14.8 Å². The summed E-state index contributed by atoms with van der Waals surface area (Å²) in [5.74, 6) is -0.103. The average Bonchev–Trinajstić information content (AvgIpc) is 3.30. The number of rotatable bonds is 5. The van der Waals surface area contributed by atoms with Gasteiger partial charge in [0.2, 0.25) is 0 Å². The molecule has 1 N–H and O–H groups in total. The second kappa shape index (κ2) is 8.98. The Bertz CT molecular complexity index is 950. The minimum atomic E-state index is -0.135. The molecule has 0 radical (unpaired) electrons. The van der Waals surface area contributed by atoms with Crippen LogP contribution in [0.2, 0.25) is 0 Å². The minimum absolute atomic E-state index is 0.0321. The first kappa shape index (κ1) is 19.3. The van der Waals surface area contributed by atoms with Gasteiger partial charge >= 0.3 is 0 Å². The van der Waals surface area contributed by atoms with Crippen LogP contribution in [0, 0.1) is 0 Å². The first-order valence-electron chi connectivity index (χ1n) is 9.54. The fourth-order valence-electron chi connectivity index (χ4n) is 3.33. The third kappa shape index (κ3) is 4.88. The molecule has 1 aliphatic rings. The molecule has 1 aromatic carbocycles. The molecule has 148 valence electrons. The lowest BCUT2D eigenvalue weighted by molar-refractivity contribution is 0.0628. The molecule has 2 aromatic heterocycles. The van der Waals surface area contributed by atoms with E-state index in [1.165, 1.54) is 16.9 Å². The summed E-state index contributed by atoms with van der Waals surface area (Å²) in [5.41, 5.74) is 2.56. The third-order valence-electron chi connectivity index (χ3n) is 4.95. The van der Waals surface area contributed by atoms with Gasteiger partial charge in [-0.2, -0.15) is 0 Å². The number of pyridine rings is 1. The Morgan fingerprint density at radius 2 is 1.69 bits per heavy atom. The molecule has 0 aliphatic carbocycles. The molecular weight excluding hydrogens is 384 g/mol. The fraction of sp³-hybridized carbons (Fsp3) is 0.227. The Kier molecular flexibility index (Phi) is 5.97. The Hall–Kier alpha value is -3.03. The zero-order valence-corrected chi connectivity index (χ0v) is 16.8. The van der Waals surface area contributed by atoms with Crippen LogP contribution >= 0.6 is 11.3 Å². The molecule has 6 nitrogen and oxygen atoms in total. The number of hydrogen-bond acceptors (Lipinski definition) is 5. The van der Waals surface area contributed by atoms with Gasteiger partial charge < -0.3 is 10.2 Å². The first-order valence-corrected chi connectivity index (χ1v) is 10.4. The molecule has 3 aromatic rings. The van der Waals surface area contributed by atoms with Gasteiger partial charge in [0.15, 0.2) is 0 Å². The van der Waals surface area contributed by atoms with E-state index in [9.17, 15) is 9.59 Å². The number of hydrogen-bond donors (Lipinski definition) is 1. The zero-order chi connectivity index (χ0) is 20.1. The van der Waals surface area contributed by atoms with Crippen LogP contribution in [0.15, 0.2) is 66.3 Å². The van der Waals surface area contributed by atoms with E-state index in [0.717, 1.165) is 19.6 Å². The van der Waals surface area contributed by atoms with Crippen LogP contribution in [0.1, 0.15) is 25.6 Å². The van der Waals surface area contributed by atoms with E-state index < -0.39 is 0 Å². The summed E-state index contributed by atoms with van der Waals surface area (Å²) in [6.07, 6.45) is 3.61. The van der Waals surface area contributed by atoms with E-state index in [2.05, 4.69) is 15.2 Å². The third-order valence-corrected chi connectivity index (χ3v) is 5.82. The number of carbonyl (C=O) groups is 2. The van der Waals surface area contributed by atoms with E-state index in [1.807, 2.05) is 40.9 Å². The molecule has 0 unspecified atom stereocenters. The Labute approximate surface area is 173 Å². The molecule has 0 saturated carbocycles. The van der Waals surface area contributed by atoms with E-state index in [4.69, 9.17) is 0 Å². The van der Waals surface area contributed by atoms with Crippen molar-refractivity contribution >= 4 is 28.8 Å². The monoisotopic (exact) mass is 406 g/mol. The summed E-state index contributed by atoms with van der Waals surface area (Å²) in [6.45, 7) is 4.00. The molecule has 3 heterocycles. The van der Waals surface area contributed by atoms with Gasteiger partial charge in [0.05, 0.1) is 4.88 Å². The van der Waals surface area contributed by atoms with E-state index in [1.54, 1.807) is 30.3 Å². The average molecular weight is 407 g/mol. The number of thiophene rings is 1. The number of piperazine rings is 1. The number of carbonyl (C=O) groups excluding carboxylic acids is 2. The lowest BCUT2D eigenvalue weighted by atomic mass is 10.1. The smallest absolute Gasteiger partial charge is 0.265 e. The zero-order valence-electron chi connectivity index (χ0n) is 16.0. The Morgan fingerprint density at radius 1 is 0.966 bits per heavy atom. The summed E-state index contributed by atoms with van der Waals surface area (Å²) < 4.78 is 0. The Morgan fingerprint density at radius 3 is 2.34 bits per heavy atom. The van der Waals surface area contributed by atoms with Gasteiger partial charge in [0.1, 0.15) is 0 Å². The normalized spacial score (nSPS) is 14.6. The summed E-state index contributed by atoms with van der Waals surface area (Å²) in [5, 5.41) is 4.72. The largest absolute Gasteiger partial charge is 0.336 e. The van der Waals surface area contributed by atoms with Gasteiger partial charge in [-0.25, -0.2) is 0 Å². The molecular formula is C22H22N4O2S. The van der Waals surface area contributed by atoms with Crippen molar-refractivity contribution in [3.8, 4) is 0 Å². The predicted molar refractivity (Wildman–Crippen MR) is 114 cm³/mol. The molecule has 1 saturated heterocycles. The van der Waals surface area contributed by atoms with Crippen LogP contribution in [0.5, 0.6) is 0 Å². The van der Waals surface area contributed by atoms with Gasteiger partial charge in [0, 0.05) is 56.4 Å². The van der Waals surface area contributed by atoms with Crippen LogP contribution in [0.25, 0.3) is 0 Å². The lowest BCUT2D eigenvalue weighted by Gasteiger charge is -2.34. The van der Waals surface area contributed by atoms with Gasteiger partial charge in [0.25, 0.3) is 11.8 Å². The van der Waals surface area contributed by atoms with Crippen molar-refractivity contribution in [2.45, 2.75) is 6.54 Å². The summed E-state index contributed by atoms with van der Waals surface area (Å²) in [4.78, 5) is 33.9. The molecule has 29 heavy (non-hydrogen) atoms. The highest BCUT2D eigenvalue weighted by Gasteiger charge is 2.22. The molecule has 7 heteroatoms. The number of amides is 2. The molecule has 2 amide bonds. The van der Waals surface area contributed by atoms with Crippen LogP contribution < -0.4 is 5.32 Å². The van der Waals surface area contributed by atoms with Crippen molar-refractivity contribution in [2.24, 2.45) is 0 Å². The second-order valence-corrected chi connectivity index (χ2v) is 7.88. The summed E-state index contributed by atoms with van der Waals surface area (Å²) >= 11 is 1.40. The highest BCUT2D eigenvalue weighted by Crippen LogP contribution is 2.16. The molecule has 0 bridgehead atoms. The van der Waals surface area contributed by atoms with E-state index >= 15 is 0 Å².